The van der Waals surface area contributed by atoms with Gasteiger partial charge >= 0.3 is 6.18 Å². The number of rotatable bonds is 8. The van der Waals surface area contributed by atoms with Gasteiger partial charge in [-0.05, 0) is 108 Å². The lowest BCUT2D eigenvalue weighted by Crippen LogP contribution is -2.08. The van der Waals surface area contributed by atoms with Crippen molar-refractivity contribution in [2.45, 2.75) is 20.0 Å². The van der Waals surface area contributed by atoms with Gasteiger partial charge in [0.15, 0.2) is 17.5 Å². The van der Waals surface area contributed by atoms with E-state index < -0.39 is 11.7 Å². The molecule has 0 aliphatic rings. The average molecular weight is 964 g/mol. The summed E-state index contributed by atoms with van der Waals surface area (Å²) in [6.07, 6.45) is -4.64. The van der Waals surface area contributed by atoms with Crippen molar-refractivity contribution in [3.8, 4) is 78.9 Å². The van der Waals surface area contributed by atoms with Gasteiger partial charge in [-0.15, -0.1) is 0 Å². The Balaban J connectivity index is 1.12. The molecule has 0 spiro atoms. The number of nitrogens with zero attached hydrogens (tertiary/aromatic N) is 5. The quantitative estimate of drug-likeness (QED) is 0.152. The molecule has 3 aromatic heterocycles. The lowest BCUT2D eigenvalue weighted by Gasteiger charge is -2.21. The molecule has 10 aromatic carbocycles. The van der Waals surface area contributed by atoms with Crippen LogP contribution in [0, 0.1) is 13.8 Å². The molecule has 0 fully saturated rings. The molecule has 13 aromatic rings. The van der Waals surface area contributed by atoms with Crippen LogP contribution in [-0.4, -0.2) is 24.1 Å². The summed E-state index contributed by atoms with van der Waals surface area (Å²) < 4.78 is 50.2. The standard InChI is InChI=1S/C66H44F3N5/c1-41-17-9-11-23-49(41)45-30-34-59-54(37-45)51-25-13-15-27-57(51)73(59)61-36-32-48(66(67,68)69)40-56(61)53-33-29-47(65-71-63(43-19-5-3-6-20-43)70-64(72-65)44-21-7-4-8-22-44)39-62(53)74-58-28-16-14-26-52(58)55-38-46(31-35-60(55)74)50-24-12-10-18-42(50)2/h3-40H,1-2H3. The molecule has 0 unspecified atom stereocenters. The van der Waals surface area contributed by atoms with Gasteiger partial charge in [0.2, 0.25) is 0 Å². The largest absolute Gasteiger partial charge is 0.416 e. The highest BCUT2D eigenvalue weighted by molar-refractivity contribution is 6.13. The van der Waals surface area contributed by atoms with Crippen molar-refractivity contribution < 1.29 is 13.2 Å². The lowest BCUT2D eigenvalue weighted by molar-refractivity contribution is -0.137. The molecular formula is C66H44F3N5. The molecule has 74 heavy (non-hydrogen) atoms. The van der Waals surface area contributed by atoms with Crippen LogP contribution in [0.3, 0.4) is 0 Å². The van der Waals surface area contributed by atoms with Gasteiger partial charge in [0, 0.05) is 49.4 Å². The Bertz CT molecular complexity index is 4270. The third kappa shape index (κ3) is 7.62. The van der Waals surface area contributed by atoms with E-state index in [4.69, 9.17) is 15.0 Å². The van der Waals surface area contributed by atoms with E-state index in [0.717, 1.165) is 88.1 Å². The van der Waals surface area contributed by atoms with Crippen molar-refractivity contribution in [1.29, 1.82) is 0 Å². The highest BCUT2D eigenvalue weighted by Crippen LogP contribution is 2.45. The normalized spacial score (nSPS) is 11.9. The summed E-state index contributed by atoms with van der Waals surface area (Å²) in [5.41, 5.74) is 14.0. The van der Waals surface area contributed by atoms with Crippen molar-refractivity contribution in [3.63, 3.8) is 0 Å². The van der Waals surface area contributed by atoms with Crippen LogP contribution >= 0.6 is 0 Å². The molecule has 0 aliphatic carbocycles. The zero-order valence-electron chi connectivity index (χ0n) is 40.3. The zero-order chi connectivity index (χ0) is 50.1. The molecule has 354 valence electrons. The van der Waals surface area contributed by atoms with Gasteiger partial charge in [0.1, 0.15) is 0 Å². The van der Waals surface area contributed by atoms with E-state index >= 15 is 13.2 Å². The molecule has 5 nitrogen and oxygen atoms in total. The minimum atomic E-state index is -4.64. The summed E-state index contributed by atoms with van der Waals surface area (Å²) in [6, 6.07) is 75.5. The second-order valence-electron chi connectivity index (χ2n) is 18.8. The molecule has 0 aliphatic heterocycles. The Hall–Kier alpha value is -9.40. The maximum absolute atomic E-state index is 15.3. The third-order valence-corrected chi connectivity index (χ3v) is 14.3. The van der Waals surface area contributed by atoms with Crippen molar-refractivity contribution in [3.05, 3.63) is 247 Å². The lowest BCUT2D eigenvalue weighted by atomic mass is 9.96. The average Bonchev–Trinajstić information content (AvgIpc) is 3.96. The number of hydrogen-bond donors (Lipinski definition) is 0. The van der Waals surface area contributed by atoms with Gasteiger partial charge in [-0.3, -0.25) is 0 Å². The van der Waals surface area contributed by atoms with Crippen molar-refractivity contribution in [1.82, 2.24) is 24.1 Å². The van der Waals surface area contributed by atoms with Gasteiger partial charge < -0.3 is 9.13 Å². The van der Waals surface area contributed by atoms with E-state index in [1.54, 1.807) is 6.07 Å². The third-order valence-electron chi connectivity index (χ3n) is 14.3. The predicted octanol–water partition coefficient (Wildman–Crippen LogP) is 17.7. The monoisotopic (exact) mass is 963 g/mol. The molecule has 0 radical (unpaired) electrons. The number of fused-ring (bicyclic) bond motifs is 6. The maximum atomic E-state index is 15.3. The first kappa shape index (κ1) is 44.5. The first-order valence-corrected chi connectivity index (χ1v) is 24.6. The molecule has 0 saturated heterocycles. The van der Waals surface area contributed by atoms with Crippen LogP contribution in [0.1, 0.15) is 16.7 Å². The highest BCUT2D eigenvalue weighted by Gasteiger charge is 2.33. The van der Waals surface area contributed by atoms with Crippen LogP contribution in [0.4, 0.5) is 13.2 Å². The van der Waals surface area contributed by atoms with Gasteiger partial charge in [-0.1, -0.05) is 170 Å². The summed E-state index contributed by atoms with van der Waals surface area (Å²) in [7, 11) is 0. The minimum Gasteiger partial charge on any atom is -0.309 e. The van der Waals surface area contributed by atoms with E-state index in [9.17, 15) is 0 Å². The van der Waals surface area contributed by atoms with Crippen LogP contribution in [0.5, 0.6) is 0 Å². The Labute approximate surface area is 425 Å². The Morgan fingerprint density at radius 2 is 0.743 bits per heavy atom. The Morgan fingerprint density at radius 1 is 0.311 bits per heavy atom. The van der Waals surface area contributed by atoms with Crippen LogP contribution < -0.4 is 0 Å². The fourth-order valence-corrected chi connectivity index (χ4v) is 10.7. The molecular weight excluding hydrogens is 920 g/mol. The molecule has 13 rings (SSSR count). The number of benzene rings is 10. The summed E-state index contributed by atoms with van der Waals surface area (Å²) in [6.45, 7) is 4.22. The first-order chi connectivity index (χ1) is 36.2. The van der Waals surface area contributed by atoms with Gasteiger partial charge in [0.25, 0.3) is 0 Å². The molecule has 0 N–H and O–H groups in total. The van der Waals surface area contributed by atoms with Gasteiger partial charge in [-0.25, -0.2) is 15.0 Å². The van der Waals surface area contributed by atoms with Crippen molar-refractivity contribution >= 4 is 43.6 Å². The smallest absolute Gasteiger partial charge is 0.309 e. The van der Waals surface area contributed by atoms with Crippen molar-refractivity contribution in [2.75, 3.05) is 0 Å². The maximum Gasteiger partial charge on any atom is 0.416 e. The molecule has 3 heterocycles. The van der Waals surface area contributed by atoms with Crippen LogP contribution in [0.15, 0.2) is 231 Å². The van der Waals surface area contributed by atoms with E-state index in [2.05, 4.69) is 102 Å². The Morgan fingerprint density at radius 3 is 1.26 bits per heavy atom. The van der Waals surface area contributed by atoms with E-state index in [0.29, 0.717) is 45.5 Å². The van der Waals surface area contributed by atoms with Crippen LogP contribution in [0.2, 0.25) is 0 Å². The summed E-state index contributed by atoms with van der Waals surface area (Å²) in [5, 5.41) is 3.99. The van der Waals surface area contributed by atoms with Gasteiger partial charge in [0.05, 0.1) is 39.0 Å². The summed E-state index contributed by atoms with van der Waals surface area (Å²) >= 11 is 0. The van der Waals surface area contributed by atoms with E-state index in [1.165, 1.54) is 12.1 Å². The second kappa shape index (κ2) is 17.7. The van der Waals surface area contributed by atoms with E-state index in [1.807, 2.05) is 133 Å². The number of aryl methyl sites for hydroxylation is 2. The molecule has 8 heteroatoms. The first-order valence-electron chi connectivity index (χ1n) is 24.6. The predicted molar refractivity (Wildman–Crippen MR) is 296 cm³/mol. The highest BCUT2D eigenvalue weighted by atomic mass is 19.4. The number of hydrogen-bond acceptors (Lipinski definition) is 3. The Kier molecular flexibility index (Phi) is 10.7. The minimum absolute atomic E-state index is 0.403. The number of para-hydroxylation sites is 2. The SMILES string of the molecule is Cc1ccccc1-c1ccc2c(c1)c1ccccc1n2-c1ccc(C(F)(F)F)cc1-c1ccc(-c2nc(-c3ccccc3)nc(-c3ccccc3)n2)cc1-n1c2ccccc2c2cc(-c3ccccc3C)ccc21. The topological polar surface area (TPSA) is 48.5 Å². The molecule has 0 bridgehead atoms. The van der Waals surface area contributed by atoms with Crippen LogP contribution in [0.25, 0.3) is 123 Å². The molecule has 0 atom stereocenters. The fourth-order valence-electron chi connectivity index (χ4n) is 10.7. The second-order valence-corrected chi connectivity index (χ2v) is 18.8. The van der Waals surface area contributed by atoms with Crippen LogP contribution in [-0.2, 0) is 6.18 Å². The molecule has 0 saturated carbocycles. The number of halogens is 3. The number of alkyl halides is 3. The summed E-state index contributed by atoms with van der Waals surface area (Å²) in [4.78, 5) is 15.2. The van der Waals surface area contributed by atoms with Crippen molar-refractivity contribution in [2.24, 2.45) is 0 Å². The zero-order valence-corrected chi connectivity index (χ0v) is 40.3. The van der Waals surface area contributed by atoms with E-state index in [-0.39, 0.29) is 0 Å². The summed E-state index contributed by atoms with van der Waals surface area (Å²) in [5.74, 6) is 1.42. The number of aromatic nitrogens is 5. The van der Waals surface area contributed by atoms with Gasteiger partial charge in [-0.2, -0.15) is 13.2 Å². The fraction of sp³-hybridized carbons (Fsp3) is 0.0455. The molecule has 0 amide bonds.